The zero-order valence-electron chi connectivity index (χ0n) is 10.1. The molecule has 2 heteroatoms. The van der Waals surface area contributed by atoms with Gasteiger partial charge in [-0.1, -0.05) is 18.2 Å². The summed E-state index contributed by atoms with van der Waals surface area (Å²) < 4.78 is 0. The molecule has 1 N–H and O–H groups in total. The zero-order valence-corrected chi connectivity index (χ0v) is 10.1. The van der Waals surface area contributed by atoms with Crippen LogP contribution in [0.25, 0.3) is 21.5 Å². The maximum absolute atomic E-state index is 4.19. The van der Waals surface area contributed by atoms with Crippen molar-refractivity contribution in [3.05, 3.63) is 48.3 Å². The second kappa shape index (κ2) is 3.70. The Kier molecular flexibility index (Phi) is 2.04. The van der Waals surface area contributed by atoms with Gasteiger partial charge in [-0.3, -0.25) is 4.98 Å². The minimum atomic E-state index is 1.09. The number of pyridine rings is 1. The molecule has 2 aromatic carbocycles. The van der Waals surface area contributed by atoms with Crippen molar-refractivity contribution in [1.82, 2.24) is 4.98 Å². The Hall–Kier alpha value is -2.09. The Bertz CT molecular complexity index is 747. The lowest BCUT2D eigenvalue weighted by molar-refractivity contribution is 0.836. The molecule has 1 aliphatic heterocycles. The summed E-state index contributed by atoms with van der Waals surface area (Å²) in [4.78, 5) is 4.19. The highest BCUT2D eigenvalue weighted by Gasteiger charge is 2.12. The second-order valence-electron chi connectivity index (χ2n) is 4.88. The first kappa shape index (κ1) is 9.89. The minimum absolute atomic E-state index is 1.09. The van der Waals surface area contributed by atoms with Crippen molar-refractivity contribution in [3.63, 3.8) is 0 Å². The lowest BCUT2D eigenvalue weighted by atomic mass is 9.94. The van der Waals surface area contributed by atoms with E-state index < -0.39 is 0 Å². The van der Waals surface area contributed by atoms with Gasteiger partial charge in [0.1, 0.15) is 0 Å². The summed E-state index contributed by atoms with van der Waals surface area (Å²) >= 11 is 0. The van der Waals surface area contributed by atoms with Crippen molar-refractivity contribution in [3.8, 4) is 0 Å². The quantitative estimate of drug-likeness (QED) is 0.599. The van der Waals surface area contributed by atoms with E-state index in [1.165, 1.54) is 45.6 Å². The lowest BCUT2D eigenvalue weighted by Crippen LogP contribution is -2.11. The highest BCUT2D eigenvalue weighted by molar-refractivity contribution is 6.09. The van der Waals surface area contributed by atoms with E-state index in [2.05, 4.69) is 40.6 Å². The van der Waals surface area contributed by atoms with Crippen molar-refractivity contribution in [2.45, 2.75) is 12.8 Å². The number of nitrogens with one attached hydrogen (secondary N) is 1. The molecule has 1 aliphatic rings. The predicted octanol–water partition coefficient (Wildman–Crippen LogP) is 3.75. The third-order valence-electron chi connectivity index (χ3n) is 3.85. The Morgan fingerprint density at radius 1 is 0.944 bits per heavy atom. The Balaban J connectivity index is 2.15. The third kappa shape index (κ3) is 1.32. The maximum atomic E-state index is 4.19. The second-order valence-corrected chi connectivity index (χ2v) is 4.88. The van der Waals surface area contributed by atoms with Gasteiger partial charge in [0.05, 0.1) is 0 Å². The molecule has 0 saturated carbocycles. The molecule has 0 saturated heterocycles. The molecule has 3 aromatic rings. The van der Waals surface area contributed by atoms with Crippen molar-refractivity contribution >= 4 is 27.2 Å². The molecule has 0 aliphatic carbocycles. The van der Waals surface area contributed by atoms with Gasteiger partial charge < -0.3 is 5.32 Å². The monoisotopic (exact) mass is 234 g/mol. The normalized spacial score (nSPS) is 14.4. The van der Waals surface area contributed by atoms with E-state index in [1.807, 2.05) is 12.4 Å². The molecule has 0 radical (unpaired) electrons. The van der Waals surface area contributed by atoms with Crippen LogP contribution < -0.4 is 5.32 Å². The first-order valence-corrected chi connectivity index (χ1v) is 6.46. The van der Waals surface area contributed by atoms with Crippen LogP contribution in [0.5, 0.6) is 0 Å². The van der Waals surface area contributed by atoms with Gasteiger partial charge in [-0.15, -0.1) is 0 Å². The Morgan fingerprint density at radius 2 is 1.89 bits per heavy atom. The summed E-state index contributed by atoms with van der Waals surface area (Å²) in [5.41, 5.74) is 2.78. The van der Waals surface area contributed by atoms with Crippen molar-refractivity contribution in [2.75, 3.05) is 11.9 Å². The highest BCUT2D eigenvalue weighted by atomic mass is 14.9. The Labute approximate surface area is 106 Å². The standard InChI is InChI=1S/C16H14N2/c1-2-15-14-4-3-11-10-17-9-7-12(11)13(14)5-6-16(15)18-8-1/h3-7,9-10,18H,1-2,8H2. The van der Waals surface area contributed by atoms with Gasteiger partial charge in [-0.05, 0) is 46.7 Å². The Morgan fingerprint density at radius 3 is 2.89 bits per heavy atom. The molecule has 0 atom stereocenters. The van der Waals surface area contributed by atoms with E-state index in [4.69, 9.17) is 0 Å². The van der Waals surface area contributed by atoms with Crippen molar-refractivity contribution in [1.29, 1.82) is 0 Å². The molecule has 2 heterocycles. The molecule has 0 bridgehead atoms. The molecule has 88 valence electrons. The van der Waals surface area contributed by atoms with Gasteiger partial charge in [0.25, 0.3) is 0 Å². The summed E-state index contributed by atoms with van der Waals surface area (Å²) in [6.07, 6.45) is 6.21. The topological polar surface area (TPSA) is 24.9 Å². The van der Waals surface area contributed by atoms with Gasteiger partial charge in [0.15, 0.2) is 0 Å². The molecule has 0 fully saturated rings. The molecule has 0 amide bonds. The first-order chi connectivity index (χ1) is 8.93. The van der Waals surface area contributed by atoms with Gasteiger partial charge >= 0.3 is 0 Å². The third-order valence-corrected chi connectivity index (χ3v) is 3.85. The first-order valence-electron chi connectivity index (χ1n) is 6.46. The number of anilines is 1. The zero-order chi connectivity index (χ0) is 11.9. The van der Waals surface area contributed by atoms with Crippen LogP contribution in [0.3, 0.4) is 0 Å². The summed E-state index contributed by atoms with van der Waals surface area (Å²) in [5.74, 6) is 0. The van der Waals surface area contributed by atoms with Crippen LogP contribution in [0.15, 0.2) is 42.7 Å². The van der Waals surface area contributed by atoms with Crippen molar-refractivity contribution < 1.29 is 0 Å². The molecular formula is C16H14N2. The maximum Gasteiger partial charge on any atom is 0.0379 e. The largest absolute Gasteiger partial charge is 0.385 e. The van der Waals surface area contributed by atoms with Gasteiger partial charge in [0.2, 0.25) is 0 Å². The van der Waals surface area contributed by atoms with Gasteiger partial charge in [-0.25, -0.2) is 0 Å². The summed E-state index contributed by atoms with van der Waals surface area (Å²) in [7, 11) is 0. The lowest BCUT2D eigenvalue weighted by Gasteiger charge is -2.20. The van der Waals surface area contributed by atoms with E-state index in [0.717, 1.165) is 6.54 Å². The number of benzene rings is 2. The molecular weight excluding hydrogens is 220 g/mol. The van der Waals surface area contributed by atoms with Crippen LogP contribution in [-0.2, 0) is 6.42 Å². The SMILES string of the molecule is c1cc2c(ccc3c4c(ccc32)NCCC4)cn1. The highest BCUT2D eigenvalue weighted by Crippen LogP contribution is 2.33. The smallest absolute Gasteiger partial charge is 0.0379 e. The number of fused-ring (bicyclic) bond motifs is 5. The van der Waals surface area contributed by atoms with E-state index in [9.17, 15) is 0 Å². The average molecular weight is 234 g/mol. The van der Waals surface area contributed by atoms with E-state index in [1.54, 1.807) is 0 Å². The van der Waals surface area contributed by atoms with Crippen LogP contribution in [0.2, 0.25) is 0 Å². The van der Waals surface area contributed by atoms with Crippen LogP contribution >= 0.6 is 0 Å². The number of hydrogen-bond acceptors (Lipinski definition) is 2. The molecule has 4 rings (SSSR count). The summed E-state index contributed by atoms with van der Waals surface area (Å²) in [6.45, 7) is 1.09. The number of nitrogens with zero attached hydrogens (tertiary/aromatic N) is 1. The summed E-state index contributed by atoms with van der Waals surface area (Å²) in [5, 5.41) is 8.74. The number of rotatable bonds is 0. The fourth-order valence-electron chi connectivity index (χ4n) is 2.97. The number of aromatic nitrogens is 1. The van der Waals surface area contributed by atoms with E-state index >= 15 is 0 Å². The van der Waals surface area contributed by atoms with Crippen LogP contribution in [0, 0.1) is 0 Å². The molecule has 0 spiro atoms. The fourth-order valence-corrected chi connectivity index (χ4v) is 2.97. The molecule has 2 nitrogen and oxygen atoms in total. The molecule has 0 unspecified atom stereocenters. The van der Waals surface area contributed by atoms with Crippen LogP contribution in [-0.4, -0.2) is 11.5 Å². The van der Waals surface area contributed by atoms with Gasteiger partial charge in [-0.2, -0.15) is 0 Å². The van der Waals surface area contributed by atoms with Crippen LogP contribution in [0.4, 0.5) is 5.69 Å². The van der Waals surface area contributed by atoms with Gasteiger partial charge in [0, 0.05) is 30.0 Å². The minimum Gasteiger partial charge on any atom is -0.385 e. The number of aryl methyl sites for hydroxylation is 1. The summed E-state index contributed by atoms with van der Waals surface area (Å²) in [6, 6.07) is 11.0. The molecule has 18 heavy (non-hydrogen) atoms. The molecule has 1 aromatic heterocycles. The average Bonchev–Trinajstić information content (AvgIpc) is 2.46. The van der Waals surface area contributed by atoms with E-state index in [0.29, 0.717) is 0 Å². The predicted molar refractivity (Wildman–Crippen MR) is 76.1 cm³/mol. The van der Waals surface area contributed by atoms with Crippen LogP contribution in [0.1, 0.15) is 12.0 Å². The fraction of sp³-hybridized carbons (Fsp3) is 0.188. The van der Waals surface area contributed by atoms with E-state index in [-0.39, 0.29) is 0 Å². The van der Waals surface area contributed by atoms with Crippen molar-refractivity contribution in [2.24, 2.45) is 0 Å². The number of hydrogen-bond donors (Lipinski definition) is 1.